The van der Waals surface area contributed by atoms with Crippen LogP contribution in [-0.2, 0) is 0 Å². The highest BCUT2D eigenvalue weighted by Gasteiger charge is 2.14. The normalized spacial score (nSPS) is 10.9. The van der Waals surface area contributed by atoms with E-state index in [0.717, 1.165) is 21.7 Å². The van der Waals surface area contributed by atoms with E-state index in [1.165, 1.54) is 0 Å². The van der Waals surface area contributed by atoms with Crippen molar-refractivity contribution in [3.8, 4) is 0 Å². The molecule has 88 valence electrons. The summed E-state index contributed by atoms with van der Waals surface area (Å²) in [6.45, 7) is 2.02. The summed E-state index contributed by atoms with van der Waals surface area (Å²) in [4.78, 5) is 10.8. The highest BCUT2D eigenvalue weighted by molar-refractivity contribution is 6.11. The quantitative estimate of drug-likeness (QED) is 0.361. The first-order valence-electron chi connectivity index (χ1n) is 5.73. The van der Waals surface area contributed by atoms with Gasteiger partial charge in [-0.1, -0.05) is 42.0 Å². The van der Waals surface area contributed by atoms with Crippen LogP contribution in [0.1, 0.15) is 5.56 Å². The van der Waals surface area contributed by atoms with E-state index in [1.807, 2.05) is 37.3 Å². The second-order valence-electron chi connectivity index (χ2n) is 4.42. The number of fused-ring (bicyclic) bond motifs is 3. The molecule has 0 N–H and O–H groups in total. The number of nitro groups is 1. The molecular formula is C15H11NO2. The Kier molecular flexibility index (Phi) is 2.27. The van der Waals surface area contributed by atoms with E-state index in [0.29, 0.717) is 5.39 Å². The second-order valence-corrected chi connectivity index (χ2v) is 4.42. The Balaban J connectivity index is 2.57. The van der Waals surface area contributed by atoms with Gasteiger partial charge in [0.1, 0.15) is 0 Å². The van der Waals surface area contributed by atoms with Crippen molar-refractivity contribution in [1.82, 2.24) is 0 Å². The molecule has 18 heavy (non-hydrogen) atoms. The Morgan fingerprint density at radius 3 is 2.39 bits per heavy atom. The Labute approximate surface area is 104 Å². The molecule has 0 aliphatic rings. The van der Waals surface area contributed by atoms with Gasteiger partial charge in [0.05, 0.1) is 10.3 Å². The second kappa shape index (κ2) is 3.81. The number of aryl methyl sites for hydroxylation is 1. The topological polar surface area (TPSA) is 43.1 Å². The van der Waals surface area contributed by atoms with Crippen LogP contribution in [0.4, 0.5) is 5.69 Å². The molecule has 0 unspecified atom stereocenters. The van der Waals surface area contributed by atoms with Crippen LogP contribution in [0, 0.1) is 17.0 Å². The Hall–Kier alpha value is -2.42. The third-order valence-electron chi connectivity index (χ3n) is 3.19. The molecule has 0 heterocycles. The molecule has 0 fully saturated rings. The summed E-state index contributed by atoms with van der Waals surface area (Å²) in [6, 6.07) is 15.1. The fourth-order valence-corrected chi connectivity index (χ4v) is 2.35. The fourth-order valence-electron chi connectivity index (χ4n) is 2.35. The van der Waals surface area contributed by atoms with E-state index < -0.39 is 0 Å². The summed E-state index contributed by atoms with van der Waals surface area (Å²) < 4.78 is 0. The molecule has 0 saturated carbocycles. The maximum atomic E-state index is 11.1. The third kappa shape index (κ3) is 1.52. The van der Waals surface area contributed by atoms with Crippen molar-refractivity contribution < 1.29 is 4.92 Å². The van der Waals surface area contributed by atoms with Crippen LogP contribution in [0.5, 0.6) is 0 Å². The van der Waals surface area contributed by atoms with E-state index in [-0.39, 0.29) is 10.6 Å². The molecule has 0 saturated heterocycles. The van der Waals surface area contributed by atoms with Gasteiger partial charge in [-0.25, -0.2) is 0 Å². The number of benzene rings is 3. The summed E-state index contributed by atoms with van der Waals surface area (Å²) in [5.41, 5.74) is 1.32. The molecular weight excluding hydrogens is 226 g/mol. The van der Waals surface area contributed by atoms with Gasteiger partial charge in [-0.2, -0.15) is 0 Å². The van der Waals surface area contributed by atoms with Gasteiger partial charge in [-0.05, 0) is 29.1 Å². The summed E-state index contributed by atoms with van der Waals surface area (Å²) in [6.07, 6.45) is 0. The number of non-ortho nitro benzene ring substituents is 1. The molecule has 0 aromatic heterocycles. The maximum Gasteiger partial charge on any atom is 0.277 e. The highest BCUT2D eigenvalue weighted by Crippen LogP contribution is 2.33. The van der Waals surface area contributed by atoms with Crippen LogP contribution in [0.2, 0.25) is 0 Å². The van der Waals surface area contributed by atoms with Gasteiger partial charge in [0.25, 0.3) is 5.69 Å². The number of nitro benzene ring substituents is 1. The van der Waals surface area contributed by atoms with Crippen molar-refractivity contribution in [1.29, 1.82) is 0 Å². The zero-order chi connectivity index (χ0) is 12.7. The first-order valence-corrected chi connectivity index (χ1v) is 5.73. The molecule has 3 rings (SSSR count). The molecule has 0 atom stereocenters. The smallest absolute Gasteiger partial charge is 0.258 e. The van der Waals surface area contributed by atoms with Crippen molar-refractivity contribution >= 4 is 27.2 Å². The van der Waals surface area contributed by atoms with Gasteiger partial charge >= 0.3 is 0 Å². The van der Waals surface area contributed by atoms with Gasteiger partial charge in [-0.15, -0.1) is 0 Å². The largest absolute Gasteiger partial charge is 0.277 e. The minimum atomic E-state index is -0.318. The monoisotopic (exact) mass is 237 g/mol. The van der Waals surface area contributed by atoms with Crippen LogP contribution in [0.15, 0.2) is 48.5 Å². The molecule has 0 amide bonds. The van der Waals surface area contributed by atoms with E-state index >= 15 is 0 Å². The van der Waals surface area contributed by atoms with E-state index in [2.05, 4.69) is 6.07 Å². The first-order chi connectivity index (χ1) is 8.66. The van der Waals surface area contributed by atoms with Gasteiger partial charge in [0.2, 0.25) is 0 Å². The van der Waals surface area contributed by atoms with Crippen LogP contribution in [0.3, 0.4) is 0 Å². The molecule has 0 spiro atoms. The van der Waals surface area contributed by atoms with Crippen molar-refractivity contribution in [3.63, 3.8) is 0 Å². The van der Waals surface area contributed by atoms with Crippen molar-refractivity contribution in [2.45, 2.75) is 6.92 Å². The third-order valence-corrected chi connectivity index (χ3v) is 3.19. The summed E-state index contributed by atoms with van der Waals surface area (Å²) >= 11 is 0. The molecule has 3 aromatic carbocycles. The Morgan fingerprint density at radius 1 is 0.944 bits per heavy atom. The molecule has 3 aromatic rings. The van der Waals surface area contributed by atoms with Crippen molar-refractivity contribution in [2.24, 2.45) is 0 Å². The zero-order valence-electron chi connectivity index (χ0n) is 9.88. The van der Waals surface area contributed by atoms with Gasteiger partial charge in [-0.3, -0.25) is 10.1 Å². The van der Waals surface area contributed by atoms with Crippen molar-refractivity contribution in [3.05, 3.63) is 64.2 Å². The summed E-state index contributed by atoms with van der Waals surface area (Å²) in [5, 5.41) is 14.7. The lowest BCUT2D eigenvalue weighted by molar-refractivity contribution is -0.382. The highest BCUT2D eigenvalue weighted by atomic mass is 16.6. The minimum Gasteiger partial charge on any atom is -0.258 e. The van der Waals surface area contributed by atoms with E-state index in [1.54, 1.807) is 12.1 Å². The average Bonchev–Trinajstić information content (AvgIpc) is 2.37. The molecule has 0 aliphatic carbocycles. The van der Waals surface area contributed by atoms with Crippen LogP contribution in [-0.4, -0.2) is 4.92 Å². The van der Waals surface area contributed by atoms with Gasteiger partial charge in [0.15, 0.2) is 0 Å². The first kappa shape index (κ1) is 10.7. The standard InChI is InChI=1S/C15H11NO2/c1-10-6-7-11-9-15(16(17)18)13-5-3-2-4-12(13)14(11)8-10/h2-9H,1H3. The minimum absolute atomic E-state index is 0.168. The maximum absolute atomic E-state index is 11.1. The van der Waals surface area contributed by atoms with E-state index in [4.69, 9.17) is 0 Å². The summed E-state index contributed by atoms with van der Waals surface area (Å²) in [5.74, 6) is 0. The molecule has 3 nitrogen and oxygen atoms in total. The Bertz CT molecular complexity index is 778. The zero-order valence-corrected chi connectivity index (χ0v) is 9.88. The van der Waals surface area contributed by atoms with Crippen molar-refractivity contribution in [2.75, 3.05) is 0 Å². The number of rotatable bonds is 1. The number of hydrogen-bond acceptors (Lipinski definition) is 2. The SMILES string of the molecule is Cc1ccc2cc([N+](=O)[O-])c3ccccc3c2c1. The molecule has 0 bridgehead atoms. The molecule has 3 heteroatoms. The lowest BCUT2D eigenvalue weighted by Gasteiger charge is -2.05. The predicted molar refractivity (Wildman–Crippen MR) is 72.8 cm³/mol. The van der Waals surface area contributed by atoms with Crippen LogP contribution in [0.25, 0.3) is 21.5 Å². The molecule has 0 aliphatic heterocycles. The average molecular weight is 237 g/mol. The van der Waals surface area contributed by atoms with Crippen LogP contribution >= 0.6 is 0 Å². The predicted octanol–water partition coefficient (Wildman–Crippen LogP) is 4.21. The Morgan fingerprint density at radius 2 is 1.67 bits per heavy atom. The summed E-state index contributed by atoms with van der Waals surface area (Å²) in [7, 11) is 0. The van der Waals surface area contributed by atoms with Gasteiger partial charge in [0, 0.05) is 6.07 Å². The van der Waals surface area contributed by atoms with Crippen LogP contribution < -0.4 is 0 Å². The lowest BCUT2D eigenvalue weighted by Crippen LogP contribution is -1.90. The molecule has 0 radical (unpaired) electrons. The van der Waals surface area contributed by atoms with E-state index in [9.17, 15) is 10.1 Å². The lowest BCUT2D eigenvalue weighted by atomic mass is 9.99. The fraction of sp³-hybridized carbons (Fsp3) is 0.0667. The van der Waals surface area contributed by atoms with Gasteiger partial charge < -0.3 is 0 Å². The number of nitrogens with zero attached hydrogens (tertiary/aromatic N) is 1. The number of hydrogen-bond donors (Lipinski definition) is 0.